The second kappa shape index (κ2) is 5.40. The summed E-state index contributed by atoms with van der Waals surface area (Å²) in [6, 6.07) is 2.89. The van der Waals surface area contributed by atoms with Crippen molar-refractivity contribution in [2.45, 2.75) is 33.4 Å². The first kappa shape index (κ1) is 13.5. The highest BCUT2D eigenvalue weighted by molar-refractivity contribution is 5.41. The first-order valence-electron chi connectivity index (χ1n) is 6.19. The molecule has 0 saturated carbocycles. The van der Waals surface area contributed by atoms with Crippen LogP contribution in [0.15, 0.2) is 24.5 Å². The quantitative estimate of drug-likeness (QED) is 0.922. The molecular weight excluding hydrogens is 247 g/mol. The molecule has 2 rings (SSSR count). The van der Waals surface area contributed by atoms with Crippen LogP contribution in [0.5, 0.6) is 11.5 Å². The Balaban J connectivity index is 2.35. The van der Waals surface area contributed by atoms with Gasteiger partial charge in [-0.1, -0.05) is 0 Å². The Morgan fingerprint density at radius 2 is 2.21 bits per heavy atom. The van der Waals surface area contributed by atoms with Crippen molar-refractivity contribution in [3.8, 4) is 11.5 Å². The first-order chi connectivity index (χ1) is 9.01. The molecular formula is C14H17FN2O2. The van der Waals surface area contributed by atoms with E-state index in [4.69, 9.17) is 4.74 Å². The Kier molecular flexibility index (Phi) is 3.85. The minimum Gasteiger partial charge on any atom is -0.454 e. The molecule has 0 spiro atoms. The van der Waals surface area contributed by atoms with Crippen LogP contribution in [-0.4, -0.2) is 14.9 Å². The molecule has 1 aromatic carbocycles. The number of hydrogen-bond donors (Lipinski definition) is 1. The minimum atomic E-state index is -0.800. The molecule has 0 aliphatic rings. The summed E-state index contributed by atoms with van der Waals surface area (Å²) in [4.78, 5) is 0. The van der Waals surface area contributed by atoms with Gasteiger partial charge in [0.1, 0.15) is 11.6 Å². The molecule has 102 valence electrons. The number of rotatable bonds is 4. The van der Waals surface area contributed by atoms with Gasteiger partial charge in [-0.3, -0.25) is 4.68 Å². The lowest BCUT2D eigenvalue weighted by atomic mass is 10.1. The number of aliphatic hydroxyl groups excluding tert-OH is 1. The third kappa shape index (κ3) is 2.93. The van der Waals surface area contributed by atoms with Gasteiger partial charge < -0.3 is 9.84 Å². The lowest BCUT2D eigenvalue weighted by Crippen LogP contribution is -1.99. The van der Waals surface area contributed by atoms with E-state index in [-0.39, 0.29) is 5.82 Å². The fourth-order valence-corrected chi connectivity index (χ4v) is 1.78. The zero-order valence-corrected chi connectivity index (χ0v) is 11.2. The third-order valence-corrected chi connectivity index (χ3v) is 2.90. The Morgan fingerprint density at radius 1 is 1.47 bits per heavy atom. The topological polar surface area (TPSA) is 47.3 Å². The van der Waals surface area contributed by atoms with Crippen LogP contribution in [0.4, 0.5) is 4.39 Å². The number of nitrogens with zero attached hydrogens (tertiary/aromatic N) is 2. The summed E-state index contributed by atoms with van der Waals surface area (Å²) in [7, 11) is 0. The molecule has 0 saturated heterocycles. The number of aromatic nitrogens is 2. The lowest BCUT2D eigenvalue weighted by molar-refractivity contribution is 0.195. The standard InChI is InChI=1S/C14H17FN2O2/c1-4-17-8-11(7-16-17)19-14-5-9(2)13(15)6-12(14)10(3)18/h5-8,10,18H,4H2,1-3H3. The molecule has 0 aliphatic heterocycles. The number of ether oxygens (including phenoxy) is 1. The molecule has 1 heterocycles. The maximum Gasteiger partial charge on any atom is 0.165 e. The van der Waals surface area contributed by atoms with Crippen LogP contribution in [0.1, 0.15) is 31.1 Å². The zero-order chi connectivity index (χ0) is 14.0. The van der Waals surface area contributed by atoms with E-state index in [1.54, 1.807) is 37.0 Å². The fraction of sp³-hybridized carbons (Fsp3) is 0.357. The van der Waals surface area contributed by atoms with Gasteiger partial charge in [0.25, 0.3) is 0 Å². The van der Waals surface area contributed by atoms with Gasteiger partial charge in [0.05, 0.1) is 18.5 Å². The molecule has 0 fully saturated rings. The molecule has 0 amide bonds. The number of halogens is 1. The van der Waals surface area contributed by atoms with Crippen molar-refractivity contribution in [2.75, 3.05) is 0 Å². The maximum atomic E-state index is 13.5. The van der Waals surface area contributed by atoms with Gasteiger partial charge in [-0.05, 0) is 38.5 Å². The number of benzene rings is 1. The van der Waals surface area contributed by atoms with Crippen molar-refractivity contribution in [1.82, 2.24) is 9.78 Å². The molecule has 0 bridgehead atoms. The molecule has 1 atom stereocenters. The highest BCUT2D eigenvalue weighted by atomic mass is 19.1. The van der Waals surface area contributed by atoms with Gasteiger partial charge in [-0.2, -0.15) is 5.10 Å². The number of aryl methyl sites for hydroxylation is 2. The predicted octanol–water partition coefficient (Wildman–Crippen LogP) is 3.20. The van der Waals surface area contributed by atoms with E-state index in [1.165, 1.54) is 6.07 Å². The number of aliphatic hydroxyl groups is 1. The number of hydrogen-bond acceptors (Lipinski definition) is 3. The second-order valence-corrected chi connectivity index (χ2v) is 4.45. The van der Waals surface area contributed by atoms with Crippen molar-refractivity contribution in [3.05, 3.63) is 41.5 Å². The van der Waals surface area contributed by atoms with Crippen LogP contribution in [0.25, 0.3) is 0 Å². The van der Waals surface area contributed by atoms with Crippen LogP contribution < -0.4 is 4.74 Å². The average Bonchev–Trinajstić information content (AvgIpc) is 2.81. The summed E-state index contributed by atoms with van der Waals surface area (Å²) in [6.07, 6.45) is 2.55. The second-order valence-electron chi connectivity index (χ2n) is 4.45. The van der Waals surface area contributed by atoms with Crippen LogP contribution in [0.2, 0.25) is 0 Å². The van der Waals surface area contributed by atoms with Crippen LogP contribution in [-0.2, 0) is 6.54 Å². The molecule has 1 aromatic heterocycles. The van der Waals surface area contributed by atoms with Gasteiger partial charge in [-0.15, -0.1) is 0 Å². The normalized spacial score (nSPS) is 12.5. The third-order valence-electron chi connectivity index (χ3n) is 2.90. The van der Waals surface area contributed by atoms with Crippen LogP contribution in [0, 0.1) is 12.7 Å². The fourth-order valence-electron chi connectivity index (χ4n) is 1.78. The van der Waals surface area contributed by atoms with E-state index in [2.05, 4.69) is 5.10 Å². The largest absolute Gasteiger partial charge is 0.454 e. The molecule has 0 radical (unpaired) electrons. The van der Waals surface area contributed by atoms with Crippen molar-refractivity contribution < 1.29 is 14.2 Å². The van der Waals surface area contributed by atoms with Gasteiger partial charge in [0.15, 0.2) is 5.75 Å². The highest BCUT2D eigenvalue weighted by Crippen LogP contribution is 2.31. The molecule has 5 heteroatoms. The maximum absolute atomic E-state index is 13.5. The van der Waals surface area contributed by atoms with Crippen molar-refractivity contribution in [1.29, 1.82) is 0 Å². The highest BCUT2D eigenvalue weighted by Gasteiger charge is 2.14. The summed E-state index contributed by atoms with van der Waals surface area (Å²) in [5.74, 6) is 0.659. The van der Waals surface area contributed by atoms with E-state index in [0.717, 1.165) is 6.54 Å². The summed E-state index contributed by atoms with van der Waals surface area (Å²) >= 11 is 0. The summed E-state index contributed by atoms with van der Waals surface area (Å²) in [5.41, 5.74) is 0.898. The average molecular weight is 264 g/mol. The van der Waals surface area contributed by atoms with Gasteiger partial charge in [0.2, 0.25) is 0 Å². The van der Waals surface area contributed by atoms with Gasteiger partial charge >= 0.3 is 0 Å². The monoisotopic (exact) mass is 264 g/mol. The SMILES string of the molecule is CCn1cc(Oc2cc(C)c(F)cc2C(C)O)cn1. The molecule has 2 aromatic rings. The molecule has 0 aliphatic carbocycles. The van der Waals surface area contributed by atoms with E-state index in [0.29, 0.717) is 22.6 Å². The molecule has 19 heavy (non-hydrogen) atoms. The van der Waals surface area contributed by atoms with Crippen molar-refractivity contribution >= 4 is 0 Å². The summed E-state index contributed by atoms with van der Waals surface area (Å²) in [5, 5.41) is 13.8. The van der Waals surface area contributed by atoms with Crippen molar-refractivity contribution in [2.24, 2.45) is 0 Å². The van der Waals surface area contributed by atoms with Gasteiger partial charge in [0, 0.05) is 12.1 Å². The van der Waals surface area contributed by atoms with Crippen molar-refractivity contribution in [3.63, 3.8) is 0 Å². The smallest absolute Gasteiger partial charge is 0.165 e. The molecule has 1 N–H and O–H groups in total. The lowest BCUT2D eigenvalue weighted by Gasteiger charge is -2.13. The van der Waals surface area contributed by atoms with E-state index >= 15 is 0 Å². The molecule has 4 nitrogen and oxygen atoms in total. The summed E-state index contributed by atoms with van der Waals surface area (Å²) < 4.78 is 20.9. The molecule has 1 unspecified atom stereocenters. The van der Waals surface area contributed by atoms with E-state index in [9.17, 15) is 9.50 Å². The van der Waals surface area contributed by atoms with Gasteiger partial charge in [-0.25, -0.2) is 4.39 Å². The van der Waals surface area contributed by atoms with E-state index < -0.39 is 6.10 Å². The zero-order valence-electron chi connectivity index (χ0n) is 11.2. The Labute approximate surface area is 111 Å². The van der Waals surface area contributed by atoms with Crippen LogP contribution >= 0.6 is 0 Å². The Morgan fingerprint density at radius 3 is 2.79 bits per heavy atom. The minimum absolute atomic E-state index is 0.354. The Hall–Kier alpha value is -1.88. The first-order valence-corrected chi connectivity index (χ1v) is 6.19. The van der Waals surface area contributed by atoms with Crippen LogP contribution in [0.3, 0.4) is 0 Å². The summed E-state index contributed by atoms with van der Waals surface area (Å²) in [6.45, 7) is 5.95. The predicted molar refractivity (Wildman–Crippen MR) is 69.7 cm³/mol. The van der Waals surface area contributed by atoms with E-state index in [1.807, 2.05) is 6.92 Å². The Bertz CT molecular complexity index is 579.